The minimum Gasteiger partial charge on any atom is -0.507 e. The quantitative estimate of drug-likeness (QED) is 0.190. The SMILES string of the molecule is Bc1c(O)c(O)c(O)c(-c2nc(Cl)nc(-c3ccc4c(c3)oc3ccccc34)n2)c1O. The first-order valence-electron chi connectivity index (χ1n) is 9.15. The second kappa shape index (κ2) is 6.78. The molecule has 0 saturated carbocycles. The van der Waals surface area contributed by atoms with Crippen LogP contribution in [0.2, 0.25) is 5.28 Å². The van der Waals surface area contributed by atoms with E-state index < -0.39 is 23.0 Å². The lowest BCUT2D eigenvalue weighted by atomic mass is 9.90. The van der Waals surface area contributed by atoms with Crippen molar-refractivity contribution in [2.75, 3.05) is 0 Å². The Labute approximate surface area is 180 Å². The Hall–Kier alpha value is -3.98. The van der Waals surface area contributed by atoms with E-state index in [4.69, 9.17) is 16.0 Å². The van der Waals surface area contributed by atoms with Crippen molar-refractivity contribution < 1.29 is 24.8 Å². The number of hydrogen-bond donors (Lipinski definition) is 4. The lowest BCUT2D eigenvalue weighted by Crippen LogP contribution is -2.07. The first-order chi connectivity index (χ1) is 14.8. The third kappa shape index (κ3) is 2.90. The van der Waals surface area contributed by atoms with Gasteiger partial charge in [0, 0.05) is 16.3 Å². The Morgan fingerprint density at radius 2 is 1.45 bits per heavy atom. The molecule has 3 aromatic carbocycles. The van der Waals surface area contributed by atoms with Crippen molar-refractivity contribution in [2.24, 2.45) is 0 Å². The highest BCUT2D eigenvalue weighted by Crippen LogP contribution is 2.45. The molecule has 0 aliphatic heterocycles. The average Bonchev–Trinajstić information content (AvgIpc) is 3.14. The molecule has 0 bridgehead atoms. The highest BCUT2D eigenvalue weighted by atomic mass is 35.5. The van der Waals surface area contributed by atoms with Crippen LogP contribution in [0, 0.1) is 0 Å². The van der Waals surface area contributed by atoms with Gasteiger partial charge in [-0.25, -0.2) is 4.98 Å². The fourth-order valence-corrected chi connectivity index (χ4v) is 3.65. The molecule has 2 aromatic heterocycles. The summed E-state index contributed by atoms with van der Waals surface area (Å²) >= 11 is 6.09. The van der Waals surface area contributed by atoms with Gasteiger partial charge in [-0.05, 0) is 35.3 Å². The molecule has 0 fully saturated rings. The molecule has 0 atom stereocenters. The molecule has 0 aliphatic rings. The Kier molecular flexibility index (Phi) is 4.16. The van der Waals surface area contributed by atoms with Crippen LogP contribution in [-0.2, 0) is 0 Å². The summed E-state index contributed by atoms with van der Waals surface area (Å²) in [6.45, 7) is 0. The van der Waals surface area contributed by atoms with Crippen molar-refractivity contribution in [3.8, 4) is 45.8 Å². The van der Waals surface area contributed by atoms with Gasteiger partial charge in [-0.2, -0.15) is 9.97 Å². The van der Waals surface area contributed by atoms with Gasteiger partial charge in [-0.15, -0.1) is 0 Å². The van der Waals surface area contributed by atoms with E-state index in [-0.39, 0.29) is 28.0 Å². The van der Waals surface area contributed by atoms with E-state index in [0.717, 1.165) is 16.4 Å². The number of para-hydroxylation sites is 1. The number of benzene rings is 3. The molecule has 0 amide bonds. The molecule has 31 heavy (non-hydrogen) atoms. The molecule has 0 radical (unpaired) electrons. The summed E-state index contributed by atoms with van der Waals surface area (Å²) in [5.41, 5.74) is 1.61. The zero-order valence-electron chi connectivity index (χ0n) is 16.0. The Bertz CT molecular complexity index is 1490. The lowest BCUT2D eigenvalue weighted by Gasteiger charge is -2.13. The largest absolute Gasteiger partial charge is 0.507 e. The first-order valence-corrected chi connectivity index (χ1v) is 9.53. The van der Waals surface area contributed by atoms with Gasteiger partial charge in [-0.3, -0.25) is 0 Å². The molecule has 0 saturated heterocycles. The number of aromatic hydroxyl groups is 4. The number of furan rings is 1. The number of fused-ring (bicyclic) bond motifs is 3. The maximum Gasteiger partial charge on any atom is 0.226 e. The van der Waals surface area contributed by atoms with E-state index in [1.807, 2.05) is 30.3 Å². The van der Waals surface area contributed by atoms with Gasteiger partial charge < -0.3 is 24.8 Å². The molecule has 152 valence electrons. The molecule has 0 aliphatic carbocycles. The van der Waals surface area contributed by atoms with Gasteiger partial charge in [0.1, 0.15) is 30.3 Å². The van der Waals surface area contributed by atoms with Gasteiger partial charge in [0.25, 0.3) is 0 Å². The van der Waals surface area contributed by atoms with Gasteiger partial charge in [0.05, 0.1) is 0 Å². The fraction of sp³-hybridized carbons (Fsp3) is 0. The fourth-order valence-electron chi connectivity index (χ4n) is 3.49. The zero-order valence-corrected chi connectivity index (χ0v) is 16.7. The first kappa shape index (κ1) is 19.0. The second-order valence-corrected chi connectivity index (χ2v) is 7.29. The number of aromatic nitrogens is 3. The van der Waals surface area contributed by atoms with E-state index in [1.54, 1.807) is 12.1 Å². The van der Waals surface area contributed by atoms with Gasteiger partial charge >= 0.3 is 0 Å². The maximum atomic E-state index is 10.4. The third-order valence-corrected chi connectivity index (χ3v) is 5.27. The van der Waals surface area contributed by atoms with Crippen LogP contribution in [0.1, 0.15) is 0 Å². The molecule has 4 N–H and O–H groups in total. The Balaban J connectivity index is 1.71. The molecule has 2 heterocycles. The number of phenols is 4. The van der Waals surface area contributed by atoms with E-state index in [1.165, 1.54) is 7.85 Å². The van der Waals surface area contributed by atoms with Crippen LogP contribution in [0.15, 0.2) is 46.9 Å². The van der Waals surface area contributed by atoms with E-state index in [2.05, 4.69) is 15.0 Å². The molecule has 5 rings (SSSR count). The maximum absolute atomic E-state index is 10.4. The normalized spacial score (nSPS) is 11.4. The molecule has 10 heteroatoms. The van der Waals surface area contributed by atoms with Crippen LogP contribution >= 0.6 is 11.6 Å². The van der Waals surface area contributed by atoms with Crippen LogP contribution in [0.5, 0.6) is 23.0 Å². The van der Waals surface area contributed by atoms with Crippen molar-refractivity contribution in [3.05, 3.63) is 47.7 Å². The molecule has 0 unspecified atom stereocenters. The van der Waals surface area contributed by atoms with E-state index >= 15 is 0 Å². The highest BCUT2D eigenvalue weighted by molar-refractivity contribution is 6.37. The minimum atomic E-state index is -0.799. The van der Waals surface area contributed by atoms with Crippen molar-refractivity contribution in [3.63, 3.8) is 0 Å². The van der Waals surface area contributed by atoms with Crippen LogP contribution in [0.4, 0.5) is 0 Å². The van der Waals surface area contributed by atoms with Gasteiger partial charge in [0.15, 0.2) is 23.1 Å². The monoisotopic (exact) mass is 433 g/mol. The smallest absolute Gasteiger partial charge is 0.226 e. The number of phenolic OH excluding ortho intramolecular Hbond substituents is 4. The molecule has 0 spiro atoms. The van der Waals surface area contributed by atoms with Gasteiger partial charge in [-0.1, -0.05) is 24.3 Å². The highest BCUT2D eigenvalue weighted by Gasteiger charge is 2.25. The molecular formula is C21H13BClN3O5. The molecular weight excluding hydrogens is 421 g/mol. The second-order valence-electron chi connectivity index (χ2n) is 6.96. The van der Waals surface area contributed by atoms with Crippen LogP contribution in [0.25, 0.3) is 44.7 Å². The number of rotatable bonds is 2. The summed E-state index contributed by atoms with van der Waals surface area (Å²) in [6.07, 6.45) is 0. The van der Waals surface area contributed by atoms with E-state index in [0.29, 0.717) is 11.1 Å². The molecule has 5 aromatic rings. The summed E-state index contributed by atoms with van der Waals surface area (Å²) in [7, 11) is 1.37. The number of hydrogen-bond acceptors (Lipinski definition) is 8. The van der Waals surface area contributed by atoms with Crippen LogP contribution in [0.3, 0.4) is 0 Å². The van der Waals surface area contributed by atoms with Crippen molar-refractivity contribution in [1.29, 1.82) is 0 Å². The average molecular weight is 434 g/mol. The standard InChI is InChI=1S/C21H13BClN3O5/c22-14-15(27)13(16(28)18(30)17(14)29)20-24-19(25-21(23)26-20)8-5-6-10-9-3-1-2-4-11(9)31-12(10)7-8/h1-7,27-30H,22H2. The summed E-state index contributed by atoms with van der Waals surface area (Å²) in [6, 6.07) is 13.1. The van der Waals surface area contributed by atoms with Crippen molar-refractivity contribution in [1.82, 2.24) is 15.0 Å². The van der Waals surface area contributed by atoms with Crippen LogP contribution < -0.4 is 5.46 Å². The van der Waals surface area contributed by atoms with E-state index in [9.17, 15) is 20.4 Å². The number of nitrogens with zero attached hydrogens (tertiary/aromatic N) is 3. The predicted octanol–water partition coefficient (Wildman–Crippen LogP) is 2.84. The van der Waals surface area contributed by atoms with Crippen molar-refractivity contribution in [2.45, 2.75) is 0 Å². The summed E-state index contributed by atoms with van der Waals surface area (Å²) in [5.74, 6) is -2.72. The van der Waals surface area contributed by atoms with Crippen molar-refractivity contribution >= 4 is 46.8 Å². The lowest BCUT2D eigenvalue weighted by molar-refractivity contribution is 0.365. The topological polar surface area (TPSA) is 133 Å². The Morgan fingerprint density at radius 1 is 0.742 bits per heavy atom. The zero-order chi connectivity index (χ0) is 21.9. The number of halogens is 1. The summed E-state index contributed by atoms with van der Waals surface area (Å²) in [4.78, 5) is 12.4. The van der Waals surface area contributed by atoms with Crippen LogP contribution in [-0.4, -0.2) is 43.2 Å². The Morgan fingerprint density at radius 3 is 2.26 bits per heavy atom. The summed E-state index contributed by atoms with van der Waals surface area (Å²) < 4.78 is 5.90. The summed E-state index contributed by atoms with van der Waals surface area (Å²) in [5, 5.41) is 42.2. The minimum absolute atomic E-state index is 0.0490. The molecule has 8 nitrogen and oxygen atoms in total. The predicted molar refractivity (Wildman–Crippen MR) is 118 cm³/mol. The third-order valence-electron chi connectivity index (χ3n) is 5.10. The van der Waals surface area contributed by atoms with Gasteiger partial charge in [0.2, 0.25) is 11.0 Å².